The fourth-order valence-electron chi connectivity index (χ4n) is 1.60. The standard InChI is InChI=1S/C13H12.Mg.2H/c1-10(2)12-9-5-7-11-6-3-4-8-13(11)12;;;/h3-9H,1H2,2H3;;;. The average Bonchev–Trinajstić information content (AvgIpc) is 2.17. The summed E-state index contributed by atoms with van der Waals surface area (Å²) in [5.41, 5.74) is 2.37. The van der Waals surface area contributed by atoms with Crippen LogP contribution in [0.1, 0.15) is 12.5 Å². The Morgan fingerprint density at radius 3 is 2.36 bits per heavy atom. The summed E-state index contributed by atoms with van der Waals surface area (Å²) >= 11 is 0. The molecule has 0 atom stereocenters. The summed E-state index contributed by atoms with van der Waals surface area (Å²) in [7, 11) is 0. The first-order valence-electron chi connectivity index (χ1n) is 4.42. The molecule has 0 N–H and O–H groups in total. The highest BCUT2D eigenvalue weighted by molar-refractivity contribution is 5.92. The number of hydrogen-bond acceptors (Lipinski definition) is 0. The van der Waals surface area contributed by atoms with Crippen LogP contribution in [-0.2, 0) is 0 Å². The predicted molar refractivity (Wildman–Crippen MR) is 67.2 cm³/mol. The second kappa shape index (κ2) is 4.62. The van der Waals surface area contributed by atoms with Crippen molar-refractivity contribution in [1.82, 2.24) is 0 Å². The molecule has 0 nitrogen and oxygen atoms in total. The highest BCUT2D eigenvalue weighted by Gasteiger charge is 1.98. The Morgan fingerprint density at radius 1 is 1.00 bits per heavy atom. The highest BCUT2D eigenvalue weighted by Crippen LogP contribution is 2.23. The van der Waals surface area contributed by atoms with E-state index in [1.807, 2.05) is 6.92 Å². The van der Waals surface area contributed by atoms with Gasteiger partial charge in [0, 0.05) is 0 Å². The molecule has 0 fully saturated rings. The van der Waals surface area contributed by atoms with Crippen LogP contribution in [0.25, 0.3) is 16.3 Å². The van der Waals surface area contributed by atoms with E-state index >= 15 is 0 Å². The minimum atomic E-state index is 0. The van der Waals surface area contributed by atoms with Gasteiger partial charge in [0.25, 0.3) is 0 Å². The minimum Gasteiger partial charge on any atom is -0.0955 e. The number of fused-ring (bicyclic) bond motifs is 1. The van der Waals surface area contributed by atoms with Gasteiger partial charge in [-0.25, -0.2) is 0 Å². The van der Waals surface area contributed by atoms with E-state index in [0.29, 0.717) is 0 Å². The lowest BCUT2D eigenvalue weighted by Gasteiger charge is -2.04. The van der Waals surface area contributed by atoms with Gasteiger partial charge in [-0.1, -0.05) is 54.6 Å². The van der Waals surface area contributed by atoms with E-state index in [1.54, 1.807) is 0 Å². The van der Waals surface area contributed by atoms with Gasteiger partial charge in [-0.15, -0.1) is 0 Å². The van der Waals surface area contributed by atoms with Crippen LogP contribution < -0.4 is 0 Å². The van der Waals surface area contributed by atoms with Crippen molar-refractivity contribution in [2.24, 2.45) is 0 Å². The molecule has 0 aromatic heterocycles. The summed E-state index contributed by atoms with van der Waals surface area (Å²) < 4.78 is 0. The Labute approximate surface area is 101 Å². The van der Waals surface area contributed by atoms with E-state index in [2.05, 4.69) is 49.0 Å². The van der Waals surface area contributed by atoms with Gasteiger partial charge in [0.15, 0.2) is 0 Å². The third-order valence-corrected chi connectivity index (χ3v) is 2.25. The number of allylic oxidation sites excluding steroid dienone is 1. The third kappa shape index (κ3) is 1.99. The molecule has 0 aliphatic rings. The molecule has 1 heteroatoms. The summed E-state index contributed by atoms with van der Waals surface area (Å²) in [4.78, 5) is 0. The maximum atomic E-state index is 3.98. The predicted octanol–water partition coefficient (Wildman–Crippen LogP) is 2.96. The Balaban J connectivity index is 0.000000980. The van der Waals surface area contributed by atoms with E-state index in [1.165, 1.54) is 16.3 Å². The van der Waals surface area contributed by atoms with Crippen molar-refractivity contribution >= 4 is 39.4 Å². The molecule has 0 aliphatic heterocycles. The maximum absolute atomic E-state index is 3.98. The van der Waals surface area contributed by atoms with Crippen LogP contribution in [-0.4, -0.2) is 23.1 Å². The van der Waals surface area contributed by atoms with Gasteiger partial charge in [-0.05, 0) is 23.3 Å². The second-order valence-electron chi connectivity index (χ2n) is 3.31. The molecule has 68 valence electrons. The third-order valence-electron chi connectivity index (χ3n) is 2.25. The Bertz CT molecular complexity index is 452. The average molecular weight is 195 g/mol. The first-order valence-corrected chi connectivity index (χ1v) is 4.42. The van der Waals surface area contributed by atoms with Gasteiger partial charge in [0.05, 0.1) is 0 Å². The molecule has 0 amide bonds. The molecular formula is C13H14Mg. The van der Waals surface area contributed by atoms with Gasteiger partial charge >= 0.3 is 23.1 Å². The largest absolute Gasteiger partial charge is 0.316 e. The minimum absolute atomic E-state index is 0. The quantitative estimate of drug-likeness (QED) is 0.613. The van der Waals surface area contributed by atoms with Gasteiger partial charge in [-0.3, -0.25) is 0 Å². The molecule has 14 heavy (non-hydrogen) atoms. The summed E-state index contributed by atoms with van der Waals surface area (Å²) in [5, 5.41) is 2.57. The molecule has 0 saturated heterocycles. The fourth-order valence-corrected chi connectivity index (χ4v) is 1.60. The Morgan fingerprint density at radius 2 is 1.64 bits per heavy atom. The number of hydrogen-bond donors (Lipinski definition) is 0. The molecule has 0 bridgehead atoms. The van der Waals surface area contributed by atoms with Crippen LogP contribution in [0.4, 0.5) is 0 Å². The van der Waals surface area contributed by atoms with Gasteiger partial charge in [-0.2, -0.15) is 0 Å². The lowest BCUT2D eigenvalue weighted by atomic mass is 10.0. The molecule has 2 aromatic carbocycles. The fraction of sp³-hybridized carbons (Fsp3) is 0.0769. The number of benzene rings is 2. The Hall–Kier alpha value is -0.794. The first-order chi connectivity index (χ1) is 6.29. The number of rotatable bonds is 1. The van der Waals surface area contributed by atoms with Gasteiger partial charge in [0.1, 0.15) is 0 Å². The van der Waals surface area contributed by atoms with E-state index in [0.717, 1.165) is 5.57 Å². The van der Waals surface area contributed by atoms with Crippen LogP contribution >= 0.6 is 0 Å². The van der Waals surface area contributed by atoms with Crippen molar-refractivity contribution in [3.05, 3.63) is 54.6 Å². The van der Waals surface area contributed by atoms with Crippen molar-refractivity contribution < 1.29 is 0 Å². The van der Waals surface area contributed by atoms with E-state index in [9.17, 15) is 0 Å². The summed E-state index contributed by atoms with van der Waals surface area (Å²) in [6.07, 6.45) is 0. The van der Waals surface area contributed by atoms with Crippen molar-refractivity contribution in [3.8, 4) is 0 Å². The molecule has 0 unspecified atom stereocenters. The molecule has 0 radical (unpaired) electrons. The zero-order valence-electron chi connectivity index (χ0n) is 7.75. The zero-order valence-corrected chi connectivity index (χ0v) is 7.75. The maximum Gasteiger partial charge on any atom is 0.316 e. The van der Waals surface area contributed by atoms with E-state index in [4.69, 9.17) is 0 Å². The van der Waals surface area contributed by atoms with Crippen molar-refractivity contribution in [3.63, 3.8) is 0 Å². The van der Waals surface area contributed by atoms with Gasteiger partial charge < -0.3 is 0 Å². The van der Waals surface area contributed by atoms with Gasteiger partial charge in [0.2, 0.25) is 0 Å². The van der Waals surface area contributed by atoms with Crippen LogP contribution in [0, 0.1) is 0 Å². The first kappa shape index (κ1) is 11.3. The lowest BCUT2D eigenvalue weighted by molar-refractivity contribution is 1.63. The van der Waals surface area contributed by atoms with Crippen molar-refractivity contribution in [2.75, 3.05) is 0 Å². The summed E-state index contributed by atoms with van der Waals surface area (Å²) in [6.45, 7) is 6.02. The molecule has 0 aliphatic carbocycles. The highest BCUT2D eigenvalue weighted by atomic mass is 24.3. The smallest absolute Gasteiger partial charge is 0.0955 e. The van der Waals surface area contributed by atoms with Crippen LogP contribution in [0.2, 0.25) is 0 Å². The summed E-state index contributed by atoms with van der Waals surface area (Å²) in [6, 6.07) is 14.7. The van der Waals surface area contributed by atoms with E-state index in [-0.39, 0.29) is 23.1 Å². The second-order valence-corrected chi connectivity index (χ2v) is 3.31. The summed E-state index contributed by atoms with van der Waals surface area (Å²) in [5.74, 6) is 0. The Kier molecular flexibility index (Phi) is 3.73. The molecule has 0 spiro atoms. The molecular weight excluding hydrogens is 180 g/mol. The zero-order chi connectivity index (χ0) is 9.26. The SMILES string of the molecule is C=C(C)c1cccc2ccccc12.[MgH2]. The molecule has 2 rings (SSSR count). The van der Waals surface area contributed by atoms with Crippen LogP contribution in [0.3, 0.4) is 0 Å². The van der Waals surface area contributed by atoms with E-state index < -0.39 is 0 Å². The van der Waals surface area contributed by atoms with Crippen LogP contribution in [0.15, 0.2) is 49.0 Å². The molecule has 2 aromatic rings. The topological polar surface area (TPSA) is 0 Å². The van der Waals surface area contributed by atoms with Crippen molar-refractivity contribution in [1.29, 1.82) is 0 Å². The monoisotopic (exact) mass is 194 g/mol. The molecule has 0 saturated carbocycles. The molecule has 0 heterocycles. The normalized spacial score (nSPS) is 9.50. The van der Waals surface area contributed by atoms with Crippen molar-refractivity contribution in [2.45, 2.75) is 6.92 Å². The van der Waals surface area contributed by atoms with Crippen LogP contribution in [0.5, 0.6) is 0 Å². The lowest BCUT2D eigenvalue weighted by Crippen LogP contribution is -1.80.